The van der Waals surface area contributed by atoms with Crippen molar-refractivity contribution in [2.45, 2.75) is 19.3 Å². The zero-order valence-corrected chi connectivity index (χ0v) is 14.5. The number of carbonyl (C=O) groups excluding carboxylic acids is 1. The number of nitriles is 1. The van der Waals surface area contributed by atoms with Crippen LogP contribution in [0.2, 0.25) is 0 Å². The van der Waals surface area contributed by atoms with Gasteiger partial charge in [0.2, 0.25) is 0 Å². The average molecular weight is 412 g/mol. The summed E-state index contributed by atoms with van der Waals surface area (Å²) >= 11 is 1.98. The number of hydrogen-bond acceptors (Lipinski definition) is 4. The SMILES string of the molecule is COc1cc(C=C(C#N)C(=O)N2CCCCC2)cc(I)c1O. The largest absolute Gasteiger partial charge is 0.504 e. The van der Waals surface area contributed by atoms with E-state index in [1.54, 1.807) is 23.1 Å². The fraction of sp³-hybridized carbons (Fsp3) is 0.375. The first-order chi connectivity index (χ1) is 10.6. The van der Waals surface area contributed by atoms with Crippen LogP contribution in [0.3, 0.4) is 0 Å². The smallest absolute Gasteiger partial charge is 0.264 e. The van der Waals surface area contributed by atoms with Gasteiger partial charge in [0.25, 0.3) is 5.91 Å². The van der Waals surface area contributed by atoms with Crippen LogP contribution in [0.25, 0.3) is 6.08 Å². The number of carbonyl (C=O) groups is 1. The van der Waals surface area contributed by atoms with E-state index < -0.39 is 0 Å². The van der Waals surface area contributed by atoms with E-state index in [0.29, 0.717) is 28.0 Å². The van der Waals surface area contributed by atoms with Crippen LogP contribution >= 0.6 is 22.6 Å². The van der Waals surface area contributed by atoms with Crippen molar-refractivity contribution in [3.63, 3.8) is 0 Å². The van der Waals surface area contributed by atoms with Gasteiger partial charge in [0.05, 0.1) is 10.7 Å². The summed E-state index contributed by atoms with van der Waals surface area (Å²) in [5, 5.41) is 19.1. The number of likely N-dealkylation sites (tertiary alicyclic amines) is 1. The first-order valence-corrected chi connectivity index (χ1v) is 8.12. The molecular weight excluding hydrogens is 395 g/mol. The van der Waals surface area contributed by atoms with Crippen LogP contribution in [0.4, 0.5) is 0 Å². The van der Waals surface area contributed by atoms with Crippen LogP contribution in [-0.2, 0) is 4.79 Å². The lowest BCUT2D eigenvalue weighted by Crippen LogP contribution is -2.36. The number of methoxy groups -OCH3 is 1. The Hall–Kier alpha value is -1.75. The molecule has 0 radical (unpaired) electrons. The number of nitrogens with zero attached hydrogens (tertiary/aromatic N) is 2. The number of hydrogen-bond donors (Lipinski definition) is 1. The fourth-order valence-corrected chi connectivity index (χ4v) is 3.03. The van der Waals surface area contributed by atoms with E-state index in [4.69, 9.17) is 4.74 Å². The molecule has 0 bridgehead atoms. The maximum absolute atomic E-state index is 12.4. The van der Waals surface area contributed by atoms with Crippen LogP contribution < -0.4 is 4.74 Å². The third-order valence-corrected chi connectivity index (χ3v) is 4.40. The second-order valence-electron chi connectivity index (χ2n) is 5.08. The van der Waals surface area contributed by atoms with Crippen molar-refractivity contribution >= 4 is 34.6 Å². The molecule has 1 saturated heterocycles. The Labute approximate surface area is 143 Å². The minimum absolute atomic E-state index is 0.0566. The number of phenolic OH excluding ortho intramolecular Hbond substituents is 1. The zero-order valence-electron chi connectivity index (χ0n) is 12.3. The molecule has 22 heavy (non-hydrogen) atoms. The molecule has 2 rings (SSSR count). The maximum Gasteiger partial charge on any atom is 0.264 e. The van der Waals surface area contributed by atoms with Crippen molar-refractivity contribution in [2.75, 3.05) is 20.2 Å². The molecule has 1 aromatic rings. The van der Waals surface area contributed by atoms with Crippen molar-refractivity contribution in [3.05, 3.63) is 26.8 Å². The molecule has 6 heteroatoms. The van der Waals surface area contributed by atoms with E-state index in [9.17, 15) is 15.2 Å². The Morgan fingerprint density at radius 3 is 2.68 bits per heavy atom. The van der Waals surface area contributed by atoms with Crippen molar-refractivity contribution in [2.24, 2.45) is 0 Å². The Kier molecular flexibility index (Phi) is 5.66. The highest BCUT2D eigenvalue weighted by molar-refractivity contribution is 14.1. The molecule has 1 fully saturated rings. The lowest BCUT2D eigenvalue weighted by Gasteiger charge is -2.26. The van der Waals surface area contributed by atoms with Gasteiger partial charge in [-0.25, -0.2) is 0 Å². The summed E-state index contributed by atoms with van der Waals surface area (Å²) in [4.78, 5) is 14.1. The van der Waals surface area contributed by atoms with Gasteiger partial charge in [0.1, 0.15) is 11.6 Å². The number of phenols is 1. The van der Waals surface area contributed by atoms with Crippen LogP contribution in [0.1, 0.15) is 24.8 Å². The van der Waals surface area contributed by atoms with Gasteiger partial charge in [-0.1, -0.05) is 0 Å². The summed E-state index contributed by atoms with van der Waals surface area (Å²) in [5.74, 6) is 0.145. The van der Waals surface area contributed by atoms with E-state index in [2.05, 4.69) is 0 Å². The fourth-order valence-electron chi connectivity index (χ4n) is 2.41. The molecule has 0 saturated carbocycles. The van der Waals surface area contributed by atoms with Crippen LogP contribution in [-0.4, -0.2) is 36.1 Å². The average Bonchev–Trinajstić information content (AvgIpc) is 2.55. The van der Waals surface area contributed by atoms with Gasteiger partial charge in [-0.15, -0.1) is 0 Å². The van der Waals surface area contributed by atoms with Crippen molar-refractivity contribution in [3.8, 4) is 17.6 Å². The molecule has 1 amide bonds. The van der Waals surface area contributed by atoms with Gasteiger partial charge < -0.3 is 14.7 Å². The zero-order chi connectivity index (χ0) is 16.1. The molecule has 0 aromatic heterocycles. The van der Waals surface area contributed by atoms with Gasteiger partial charge in [-0.3, -0.25) is 4.79 Å². The standard InChI is InChI=1S/C16H17IN2O3/c1-22-14-9-11(8-13(17)15(14)20)7-12(10-18)16(21)19-5-3-2-4-6-19/h7-9,20H,2-6H2,1H3. The van der Waals surface area contributed by atoms with E-state index in [1.807, 2.05) is 28.7 Å². The highest BCUT2D eigenvalue weighted by atomic mass is 127. The van der Waals surface area contributed by atoms with Gasteiger partial charge in [0.15, 0.2) is 11.5 Å². The highest BCUT2D eigenvalue weighted by Crippen LogP contribution is 2.33. The normalized spacial score (nSPS) is 15.3. The van der Waals surface area contributed by atoms with Gasteiger partial charge >= 0.3 is 0 Å². The third-order valence-electron chi connectivity index (χ3n) is 3.58. The number of piperidine rings is 1. The molecule has 0 atom stereocenters. The maximum atomic E-state index is 12.4. The number of ether oxygens (including phenoxy) is 1. The monoisotopic (exact) mass is 412 g/mol. The summed E-state index contributed by atoms with van der Waals surface area (Å²) in [6.45, 7) is 1.41. The predicted octanol–water partition coefficient (Wildman–Crippen LogP) is 2.92. The van der Waals surface area contributed by atoms with Crippen LogP contribution in [0, 0.1) is 14.9 Å². The Bertz CT molecular complexity index is 644. The van der Waals surface area contributed by atoms with Gasteiger partial charge in [0, 0.05) is 13.1 Å². The van der Waals surface area contributed by atoms with Gasteiger partial charge in [-0.2, -0.15) is 5.26 Å². The van der Waals surface area contributed by atoms with E-state index in [0.717, 1.165) is 19.3 Å². The lowest BCUT2D eigenvalue weighted by atomic mass is 10.1. The topological polar surface area (TPSA) is 73.6 Å². The molecule has 0 aliphatic carbocycles. The number of benzene rings is 1. The summed E-state index contributed by atoms with van der Waals surface area (Å²) in [7, 11) is 1.46. The summed E-state index contributed by atoms with van der Waals surface area (Å²) < 4.78 is 5.70. The summed E-state index contributed by atoms with van der Waals surface area (Å²) in [6.07, 6.45) is 4.63. The highest BCUT2D eigenvalue weighted by Gasteiger charge is 2.20. The van der Waals surface area contributed by atoms with Crippen molar-refractivity contribution in [1.29, 1.82) is 5.26 Å². The van der Waals surface area contributed by atoms with Crippen molar-refractivity contribution in [1.82, 2.24) is 4.90 Å². The second kappa shape index (κ2) is 7.49. The Morgan fingerprint density at radius 1 is 1.41 bits per heavy atom. The van der Waals surface area contributed by atoms with E-state index in [-0.39, 0.29) is 17.2 Å². The molecule has 1 heterocycles. The second-order valence-corrected chi connectivity index (χ2v) is 6.24. The minimum atomic E-state index is -0.232. The molecule has 0 unspecified atom stereocenters. The molecule has 1 aliphatic heterocycles. The number of aromatic hydroxyl groups is 1. The third kappa shape index (κ3) is 3.71. The van der Waals surface area contributed by atoms with Gasteiger partial charge in [-0.05, 0) is 65.6 Å². The number of halogens is 1. The molecule has 1 aromatic carbocycles. The lowest BCUT2D eigenvalue weighted by molar-refractivity contribution is -0.127. The first kappa shape index (κ1) is 16.6. The predicted molar refractivity (Wildman–Crippen MR) is 91.4 cm³/mol. The minimum Gasteiger partial charge on any atom is -0.504 e. The first-order valence-electron chi connectivity index (χ1n) is 7.04. The molecular formula is C16H17IN2O3. The van der Waals surface area contributed by atoms with E-state index >= 15 is 0 Å². The molecule has 5 nitrogen and oxygen atoms in total. The summed E-state index contributed by atoms with van der Waals surface area (Å²) in [5.41, 5.74) is 0.756. The summed E-state index contributed by atoms with van der Waals surface area (Å²) in [6, 6.07) is 5.30. The van der Waals surface area contributed by atoms with E-state index in [1.165, 1.54) is 7.11 Å². The molecule has 116 valence electrons. The van der Waals surface area contributed by atoms with Crippen LogP contribution in [0.15, 0.2) is 17.7 Å². The number of rotatable bonds is 3. The molecule has 1 aliphatic rings. The quantitative estimate of drug-likeness (QED) is 0.471. The Morgan fingerprint density at radius 2 is 2.09 bits per heavy atom. The van der Waals surface area contributed by atoms with Crippen molar-refractivity contribution < 1.29 is 14.6 Å². The van der Waals surface area contributed by atoms with Crippen LogP contribution in [0.5, 0.6) is 11.5 Å². The Balaban J connectivity index is 2.30. The molecule has 0 spiro atoms. The molecule has 1 N–H and O–H groups in total. The number of amides is 1.